The molecule has 1 atom stereocenters. The summed E-state index contributed by atoms with van der Waals surface area (Å²) in [5.41, 5.74) is 0.746. The first-order valence-electron chi connectivity index (χ1n) is 9.57. The molecule has 0 aromatic heterocycles. The second-order valence-electron chi connectivity index (χ2n) is 8.69. The van der Waals surface area contributed by atoms with E-state index in [1.54, 1.807) is 7.11 Å². The van der Waals surface area contributed by atoms with Gasteiger partial charge in [-0.25, -0.2) is 0 Å². The quantitative estimate of drug-likeness (QED) is 0.829. The number of carbonyl (C=O) groups is 1. The molecule has 144 valence electrons. The van der Waals surface area contributed by atoms with E-state index in [2.05, 4.69) is 43.6 Å². The van der Waals surface area contributed by atoms with Gasteiger partial charge < -0.3 is 19.3 Å². The van der Waals surface area contributed by atoms with E-state index in [1.807, 2.05) is 18.2 Å². The number of amides is 1. The number of ether oxygens (including phenoxy) is 2. The number of hydrogen-bond acceptors (Lipinski definition) is 4. The van der Waals surface area contributed by atoms with Crippen LogP contribution in [0.3, 0.4) is 0 Å². The summed E-state index contributed by atoms with van der Waals surface area (Å²) in [6, 6.07) is 8.11. The van der Waals surface area contributed by atoms with Gasteiger partial charge in [0.25, 0.3) is 0 Å². The first kappa shape index (κ1) is 19.0. The van der Waals surface area contributed by atoms with Gasteiger partial charge in [-0.3, -0.25) is 4.79 Å². The van der Waals surface area contributed by atoms with Gasteiger partial charge in [0.1, 0.15) is 5.75 Å². The lowest BCUT2D eigenvalue weighted by Gasteiger charge is -2.49. The number of hydrogen-bond donors (Lipinski definition) is 0. The maximum Gasteiger partial charge on any atom is 0.226 e. The summed E-state index contributed by atoms with van der Waals surface area (Å²) < 4.78 is 11.3. The number of nitrogens with zero attached hydrogens (tertiary/aromatic N) is 2. The maximum absolute atomic E-state index is 13.1. The van der Waals surface area contributed by atoms with Gasteiger partial charge in [0.15, 0.2) is 0 Å². The van der Waals surface area contributed by atoms with Crippen molar-refractivity contribution in [2.75, 3.05) is 38.3 Å². The van der Waals surface area contributed by atoms with Crippen molar-refractivity contribution < 1.29 is 14.3 Å². The molecule has 5 heteroatoms. The molecule has 0 N–H and O–H groups in total. The van der Waals surface area contributed by atoms with Crippen molar-refractivity contribution in [2.45, 2.75) is 51.7 Å². The first-order chi connectivity index (χ1) is 12.2. The molecule has 2 aliphatic heterocycles. The van der Waals surface area contributed by atoms with Crippen LogP contribution in [-0.2, 0) is 9.53 Å². The molecule has 1 unspecified atom stereocenters. The van der Waals surface area contributed by atoms with E-state index >= 15 is 0 Å². The Morgan fingerprint density at radius 2 is 1.92 bits per heavy atom. The summed E-state index contributed by atoms with van der Waals surface area (Å²) in [4.78, 5) is 17.5. The zero-order valence-corrected chi connectivity index (χ0v) is 16.7. The van der Waals surface area contributed by atoms with E-state index in [9.17, 15) is 4.79 Å². The zero-order valence-electron chi connectivity index (χ0n) is 16.7. The fourth-order valence-electron chi connectivity index (χ4n) is 4.34. The number of para-hydroxylation sites is 2. The topological polar surface area (TPSA) is 42.0 Å². The van der Waals surface area contributed by atoms with Gasteiger partial charge in [-0.15, -0.1) is 0 Å². The van der Waals surface area contributed by atoms with E-state index in [0.717, 1.165) is 43.9 Å². The molecule has 1 aromatic rings. The van der Waals surface area contributed by atoms with Crippen LogP contribution in [0.5, 0.6) is 5.75 Å². The van der Waals surface area contributed by atoms with Crippen molar-refractivity contribution in [1.82, 2.24) is 4.90 Å². The number of anilines is 1. The van der Waals surface area contributed by atoms with Crippen LogP contribution in [-0.4, -0.2) is 55.3 Å². The number of carbonyl (C=O) groups excluding carboxylic acids is 1. The molecular weight excluding hydrogens is 328 g/mol. The van der Waals surface area contributed by atoms with Crippen LogP contribution in [0.15, 0.2) is 24.3 Å². The Labute approximate surface area is 157 Å². The lowest BCUT2D eigenvalue weighted by atomic mass is 9.86. The largest absolute Gasteiger partial charge is 0.495 e. The molecule has 5 nitrogen and oxygen atoms in total. The monoisotopic (exact) mass is 360 g/mol. The van der Waals surface area contributed by atoms with Gasteiger partial charge in [-0.05, 0) is 52.7 Å². The molecule has 1 amide bonds. The normalized spacial score (nSPS) is 25.0. The lowest BCUT2D eigenvalue weighted by Crippen LogP contribution is -2.62. The standard InChI is InChI=1S/C21H32N2O3/c1-20(2)15-22(19(24)16-10-13-26-21(3,4)14-16)11-12-23(20)17-8-6-7-9-18(17)25-5/h6-9,16H,10-15H2,1-5H3. The van der Waals surface area contributed by atoms with Crippen molar-refractivity contribution in [1.29, 1.82) is 0 Å². The van der Waals surface area contributed by atoms with Gasteiger partial charge in [0.2, 0.25) is 5.91 Å². The summed E-state index contributed by atoms with van der Waals surface area (Å²) in [6.07, 6.45) is 1.63. The van der Waals surface area contributed by atoms with Crippen molar-refractivity contribution >= 4 is 11.6 Å². The highest BCUT2D eigenvalue weighted by atomic mass is 16.5. The number of methoxy groups -OCH3 is 1. The van der Waals surface area contributed by atoms with E-state index in [4.69, 9.17) is 9.47 Å². The highest BCUT2D eigenvalue weighted by Gasteiger charge is 2.40. The molecule has 0 radical (unpaired) electrons. The minimum absolute atomic E-state index is 0.0763. The summed E-state index contributed by atoms with van der Waals surface area (Å²) >= 11 is 0. The molecular formula is C21H32N2O3. The predicted molar refractivity (Wildman–Crippen MR) is 104 cm³/mol. The lowest BCUT2D eigenvalue weighted by molar-refractivity contribution is -0.146. The third-order valence-corrected chi connectivity index (χ3v) is 5.64. The van der Waals surface area contributed by atoms with Crippen LogP contribution in [0.4, 0.5) is 5.69 Å². The van der Waals surface area contributed by atoms with Crippen LogP contribution in [0.2, 0.25) is 0 Å². The van der Waals surface area contributed by atoms with Crippen LogP contribution in [0.1, 0.15) is 40.5 Å². The Kier molecular flexibility index (Phi) is 5.20. The van der Waals surface area contributed by atoms with Crippen LogP contribution in [0, 0.1) is 5.92 Å². The Morgan fingerprint density at radius 1 is 1.19 bits per heavy atom. The minimum atomic E-state index is -0.201. The third kappa shape index (κ3) is 3.83. The molecule has 0 saturated carbocycles. The van der Waals surface area contributed by atoms with Gasteiger partial charge in [0.05, 0.1) is 23.9 Å². The highest BCUT2D eigenvalue weighted by Crippen LogP contribution is 2.36. The Bertz CT molecular complexity index is 656. The second kappa shape index (κ2) is 7.10. The van der Waals surface area contributed by atoms with E-state index in [0.29, 0.717) is 6.61 Å². The van der Waals surface area contributed by atoms with Crippen molar-refractivity contribution in [3.05, 3.63) is 24.3 Å². The highest BCUT2D eigenvalue weighted by molar-refractivity contribution is 5.79. The fraction of sp³-hybridized carbons (Fsp3) is 0.667. The molecule has 2 fully saturated rings. The Hall–Kier alpha value is -1.75. The smallest absolute Gasteiger partial charge is 0.226 e. The van der Waals surface area contributed by atoms with Gasteiger partial charge >= 0.3 is 0 Å². The van der Waals surface area contributed by atoms with Crippen molar-refractivity contribution in [3.63, 3.8) is 0 Å². The van der Waals surface area contributed by atoms with E-state index in [1.165, 1.54) is 0 Å². The minimum Gasteiger partial charge on any atom is -0.495 e. The molecule has 26 heavy (non-hydrogen) atoms. The predicted octanol–water partition coefficient (Wildman–Crippen LogP) is 3.33. The average Bonchev–Trinajstić information content (AvgIpc) is 2.59. The number of rotatable bonds is 3. The van der Waals surface area contributed by atoms with Crippen LogP contribution >= 0.6 is 0 Å². The summed E-state index contributed by atoms with van der Waals surface area (Å²) in [5.74, 6) is 1.24. The molecule has 3 rings (SSSR count). The van der Waals surface area contributed by atoms with Gasteiger partial charge in [-0.2, -0.15) is 0 Å². The zero-order chi connectivity index (χ0) is 18.9. The molecule has 2 heterocycles. The molecule has 2 saturated heterocycles. The Balaban J connectivity index is 1.73. The van der Waals surface area contributed by atoms with Crippen LogP contribution in [0.25, 0.3) is 0 Å². The van der Waals surface area contributed by atoms with E-state index in [-0.39, 0.29) is 23.0 Å². The third-order valence-electron chi connectivity index (χ3n) is 5.64. The molecule has 2 aliphatic rings. The second-order valence-corrected chi connectivity index (χ2v) is 8.69. The summed E-state index contributed by atoms with van der Waals surface area (Å²) in [7, 11) is 1.71. The fourth-order valence-corrected chi connectivity index (χ4v) is 4.34. The first-order valence-corrected chi connectivity index (χ1v) is 9.57. The van der Waals surface area contributed by atoms with Crippen molar-refractivity contribution in [2.24, 2.45) is 5.92 Å². The maximum atomic E-state index is 13.1. The van der Waals surface area contributed by atoms with Crippen LogP contribution < -0.4 is 9.64 Å². The van der Waals surface area contributed by atoms with Crippen molar-refractivity contribution in [3.8, 4) is 5.75 Å². The van der Waals surface area contributed by atoms with Gasteiger partial charge in [0, 0.05) is 32.2 Å². The number of benzene rings is 1. The molecule has 0 spiro atoms. The Morgan fingerprint density at radius 3 is 2.58 bits per heavy atom. The number of piperazine rings is 1. The van der Waals surface area contributed by atoms with E-state index < -0.39 is 0 Å². The molecule has 1 aromatic carbocycles. The molecule has 0 bridgehead atoms. The SMILES string of the molecule is COc1ccccc1N1CCN(C(=O)C2CCOC(C)(C)C2)CC1(C)C. The molecule has 0 aliphatic carbocycles. The summed E-state index contributed by atoms with van der Waals surface area (Å²) in [6.45, 7) is 11.5. The summed E-state index contributed by atoms with van der Waals surface area (Å²) in [5, 5.41) is 0. The van der Waals surface area contributed by atoms with Gasteiger partial charge in [-0.1, -0.05) is 12.1 Å². The average molecular weight is 360 g/mol.